The molecule has 0 aliphatic heterocycles. The number of ether oxygens (including phenoxy) is 1. The minimum absolute atomic E-state index is 0.273. The van der Waals surface area contributed by atoms with E-state index < -0.39 is 6.10 Å². The molecule has 34 heavy (non-hydrogen) atoms. The van der Waals surface area contributed by atoms with Crippen molar-refractivity contribution in [3.05, 3.63) is 102 Å². The van der Waals surface area contributed by atoms with Crippen LogP contribution in [0.3, 0.4) is 0 Å². The van der Waals surface area contributed by atoms with E-state index in [1.165, 1.54) is 17.4 Å². The standard InChI is InChI=1S/C28H21FN2O2S/c1-18(33-26-16-8-10-19-9-2-3-11-20(19)26)27(32)30-24-15-7-5-13-22(24)25-17-34-28(31-25)21-12-4-6-14-23(21)29/h2-18H,1H3,(H,30,32). The number of aromatic nitrogens is 1. The number of nitrogens with zero attached hydrogens (tertiary/aromatic N) is 1. The maximum Gasteiger partial charge on any atom is 0.265 e. The highest BCUT2D eigenvalue weighted by atomic mass is 32.1. The van der Waals surface area contributed by atoms with Crippen molar-refractivity contribution in [2.75, 3.05) is 5.32 Å². The van der Waals surface area contributed by atoms with Gasteiger partial charge in [0, 0.05) is 21.9 Å². The number of fused-ring (bicyclic) bond motifs is 1. The molecule has 1 N–H and O–H groups in total. The third-order valence-corrected chi connectivity index (χ3v) is 6.37. The summed E-state index contributed by atoms with van der Waals surface area (Å²) in [4.78, 5) is 17.6. The number of amides is 1. The molecule has 0 bridgehead atoms. The summed E-state index contributed by atoms with van der Waals surface area (Å²) in [5.74, 6) is 0.0670. The molecule has 1 amide bonds. The molecule has 0 saturated carbocycles. The summed E-state index contributed by atoms with van der Waals surface area (Å²) in [6.45, 7) is 1.72. The van der Waals surface area contributed by atoms with Gasteiger partial charge in [-0.25, -0.2) is 9.37 Å². The van der Waals surface area contributed by atoms with Gasteiger partial charge in [0.15, 0.2) is 6.10 Å². The number of benzene rings is 4. The molecule has 0 saturated heterocycles. The van der Waals surface area contributed by atoms with Gasteiger partial charge in [0.1, 0.15) is 16.6 Å². The van der Waals surface area contributed by atoms with Crippen LogP contribution in [-0.2, 0) is 4.79 Å². The van der Waals surface area contributed by atoms with Gasteiger partial charge in [-0.05, 0) is 36.6 Å². The highest BCUT2D eigenvalue weighted by Gasteiger charge is 2.19. The van der Waals surface area contributed by atoms with Crippen molar-refractivity contribution < 1.29 is 13.9 Å². The normalized spacial score (nSPS) is 11.8. The molecule has 0 aliphatic carbocycles. The topological polar surface area (TPSA) is 51.2 Å². The number of halogens is 1. The van der Waals surface area contributed by atoms with Crippen LogP contribution >= 0.6 is 11.3 Å². The predicted octanol–water partition coefficient (Wildman–Crippen LogP) is 7.18. The lowest BCUT2D eigenvalue weighted by molar-refractivity contribution is -0.122. The van der Waals surface area contributed by atoms with Crippen LogP contribution in [0, 0.1) is 5.82 Å². The van der Waals surface area contributed by atoms with E-state index in [-0.39, 0.29) is 11.7 Å². The number of para-hydroxylation sites is 1. The predicted molar refractivity (Wildman–Crippen MR) is 136 cm³/mol. The number of anilines is 1. The number of nitrogens with one attached hydrogen (secondary N) is 1. The van der Waals surface area contributed by atoms with Crippen LogP contribution in [0.25, 0.3) is 32.6 Å². The molecule has 168 valence electrons. The lowest BCUT2D eigenvalue weighted by atomic mass is 10.1. The van der Waals surface area contributed by atoms with E-state index >= 15 is 0 Å². The van der Waals surface area contributed by atoms with E-state index in [1.807, 2.05) is 72.1 Å². The second kappa shape index (κ2) is 9.45. The minimum Gasteiger partial charge on any atom is -0.480 e. The molecular weight excluding hydrogens is 447 g/mol. The first-order valence-corrected chi connectivity index (χ1v) is 11.7. The zero-order valence-corrected chi connectivity index (χ0v) is 19.2. The van der Waals surface area contributed by atoms with E-state index in [1.54, 1.807) is 25.1 Å². The van der Waals surface area contributed by atoms with Crippen LogP contribution in [0.15, 0.2) is 96.4 Å². The van der Waals surface area contributed by atoms with Crippen molar-refractivity contribution in [2.24, 2.45) is 0 Å². The minimum atomic E-state index is -0.719. The van der Waals surface area contributed by atoms with Gasteiger partial charge in [-0.3, -0.25) is 4.79 Å². The lowest BCUT2D eigenvalue weighted by Gasteiger charge is -2.17. The van der Waals surface area contributed by atoms with Gasteiger partial charge in [-0.15, -0.1) is 11.3 Å². The smallest absolute Gasteiger partial charge is 0.265 e. The van der Waals surface area contributed by atoms with Gasteiger partial charge in [-0.1, -0.05) is 66.7 Å². The van der Waals surface area contributed by atoms with E-state index in [0.717, 1.165) is 16.3 Å². The summed E-state index contributed by atoms with van der Waals surface area (Å²) in [7, 11) is 0. The Kier molecular flexibility index (Phi) is 6.06. The van der Waals surface area contributed by atoms with Crippen molar-refractivity contribution in [1.29, 1.82) is 0 Å². The van der Waals surface area contributed by atoms with Crippen LogP contribution in [0.5, 0.6) is 5.75 Å². The van der Waals surface area contributed by atoms with E-state index in [4.69, 9.17) is 4.74 Å². The highest BCUT2D eigenvalue weighted by Crippen LogP contribution is 2.34. The Morgan fingerprint density at radius 3 is 2.47 bits per heavy atom. The van der Waals surface area contributed by atoms with Gasteiger partial charge in [0.25, 0.3) is 5.91 Å². The number of carbonyl (C=O) groups excluding carboxylic acids is 1. The highest BCUT2D eigenvalue weighted by molar-refractivity contribution is 7.13. The van der Waals surface area contributed by atoms with Crippen molar-refractivity contribution in [3.63, 3.8) is 0 Å². The third-order valence-electron chi connectivity index (χ3n) is 5.49. The molecule has 1 heterocycles. The van der Waals surface area contributed by atoms with Crippen LogP contribution in [-0.4, -0.2) is 17.0 Å². The summed E-state index contributed by atoms with van der Waals surface area (Å²) in [6, 6.07) is 27.7. The Morgan fingerprint density at radius 2 is 1.62 bits per heavy atom. The van der Waals surface area contributed by atoms with Gasteiger partial charge < -0.3 is 10.1 Å². The molecule has 0 fully saturated rings. The van der Waals surface area contributed by atoms with Crippen LogP contribution in [0.4, 0.5) is 10.1 Å². The van der Waals surface area contributed by atoms with Crippen molar-refractivity contribution in [3.8, 4) is 27.6 Å². The average molecular weight is 469 g/mol. The maximum atomic E-state index is 14.2. The van der Waals surface area contributed by atoms with Crippen LogP contribution < -0.4 is 10.1 Å². The van der Waals surface area contributed by atoms with E-state index in [0.29, 0.717) is 27.7 Å². The molecule has 4 aromatic carbocycles. The number of rotatable bonds is 6. The molecule has 0 spiro atoms. The second-order valence-corrected chi connectivity index (χ2v) is 8.65. The van der Waals surface area contributed by atoms with Gasteiger partial charge in [0.2, 0.25) is 0 Å². The number of carbonyl (C=O) groups is 1. The Labute approximate surface area is 200 Å². The second-order valence-electron chi connectivity index (χ2n) is 7.79. The largest absolute Gasteiger partial charge is 0.480 e. The summed E-state index contributed by atoms with van der Waals surface area (Å²) >= 11 is 1.36. The zero-order valence-electron chi connectivity index (χ0n) is 18.4. The molecular formula is C28H21FN2O2S. The van der Waals surface area contributed by atoms with E-state index in [9.17, 15) is 9.18 Å². The third kappa shape index (κ3) is 4.40. The summed E-state index contributed by atoms with van der Waals surface area (Å²) in [5.41, 5.74) is 2.50. The Morgan fingerprint density at radius 1 is 0.912 bits per heavy atom. The van der Waals surface area contributed by atoms with Gasteiger partial charge in [0.05, 0.1) is 11.4 Å². The molecule has 5 rings (SSSR count). The average Bonchev–Trinajstić information content (AvgIpc) is 3.35. The van der Waals surface area contributed by atoms with Crippen LogP contribution in [0.1, 0.15) is 6.92 Å². The lowest BCUT2D eigenvalue weighted by Crippen LogP contribution is -2.30. The first-order chi connectivity index (χ1) is 16.6. The van der Waals surface area contributed by atoms with Gasteiger partial charge in [-0.2, -0.15) is 0 Å². The quantitative estimate of drug-likeness (QED) is 0.287. The first-order valence-electron chi connectivity index (χ1n) is 10.9. The van der Waals surface area contributed by atoms with Crippen molar-refractivity contribution in [1.82, 2.24) is 4.98 Å². The van der Waals surface area contributed by atoms with Gasteiger partial charge >= 0.3 is 0 Å². The van der Waals surface area contributed by atoms with E-state index in [2.05, 4.69) is 10.3 Å². The number of hydrogen-bond donors (Lipinski definition) is 1. The first kappa shape index (κ1) is 21.8. The Bertz CT molecular complexity index is 1480. The van der Waals surface area contributed by atoms with Crippen molar-refractivity contribution in [2.45, 2.75) is 13.0 Å². The molecule has 0 aliphatic rings. The number of thiazole rings is 1. The fourth-order valence-electron chi connectivity index (χ4n) is 3.75. The fourth-order valence-corrected chi connectivity index (χ4v) is 4.59. The molecule has 6 heteroatoms. The molecule has 1 unspecified atom stereocenters. The number of hydrogen-bond acceptors (Lipinski definition) is 4. The zero-order chi connectivity index (χ0) is 23.5. The molecule has 5 aromatic rings. The maximum absolute atomic E-state index is 14.2. The molecule has 0 radical (unpaired) electrons. The van der Waals surface area contributed by atoms with Crippen molar-refractivity contribution >= 4 is 33.7 Å². The SMILES string of the molecule is CC(Oc1cccc2ccccc12)C(=O)Nc1ccccc1-c1csc(-c2ccccc2F)n1. The summed E-state index contributed by atoms with van der Waals surface area (Å²) in [5, 5.41) is 7.41. The Balaban J connectivity index is 1.37. The fraction of sp³-hybridized carbons (Fsp3) is 0.0714. The monoisotopic (exact) mass is 468 g/mol. The molecule has 1 aromatic heterocycles. The molecule has 4 nitrogen and oxygen atoms in total. The Hall–Kier alpha value is -4.03. The molecule has 1 atom stereocenters. The summed E-state index contributed by atoms with van der Waals surface area (Å²) < 4.78 is 20.2. The van der Waals surface area contributed by atoms with Crippen LogP contribution in [0.2, 0.25) is 0 Å². The summed E-state index contributed by atoms with van der Waals surface area (Å²) in [6.07, 6.45) is -0.719.